The second-order valence-electron chi connectivity index (χ2n) is 15.5. The molecule has 0 aliphatic heterocycles. The molecule has 0 atom stereocenters. The van der Waals surface area contributed by atoms with Crippen LogP contribution in [0.15, 0.2) is 217 Å². The van der Waals surface area contributed by atoms with Gasteiger partial charge < -0.3 is 13.6 Å². The van der Waals surface area contributed by atoms with Crippen LogP contribution < -0.4 is 0 Å². The van der Waals surface area contributed by atoms with Crippen LogP contribution in [0.5, 0.6) is 0 Å². The van der Waals surface area contributed by atoms with E-state index in [-0.39, 0.29) is 58.1 Å². The summed E-state index contributed by atoms with van der Waals surface area (Å²) >= 11 is 0. The molecule has 0 aliphatic carbocycles. The number of nitrogens with zero attached hydrogens (tertiary/aromatic N) is 5. The Balaban J connectivity index is 1.13. The molecule has 13 aromatic rings. The van der Waals surface area contributed by atoms with Crippen molar-refractivity contribution in [3.8, 4) is 56.7 Å². The molecule has 0 aliphatic rings. The molecular formula is C57H35N5O. The third-order valence-electron chi connectivity index (χ3n) is 11.9. The number of para-hydroxylation sites is 7. The lowest BCUT2D eigenvalue weighted by Crippen LogP contribution is -2.03. The number of fused-ring (bicyclic) bond motifs is 9. The normalized spacial score (nSPS) is 13.1. The van der Waals surface area contributed by atoms with Crippen LogP contribution in [0.1, 0.15) is 8.22 Å². The van der Waals surface area contributed by atoms with Gasteiger partial charge in [0, 0.05) is 65.8 Å². The van der Waals surface area contributed by atoms with E-state index in [1.807, 2.05) is 121 Å². The Morgan fingerprint density at radius 1 is 0.397 bits per heavy atom. The first-order valence-corrected chi connectivity index (χ1v) is 20.7. The highest BCUT2D eigenvalue weighted by Crippen LogP contribution is 2.43. The van der Waals surface area contributed by atoms with Gasteiger partial charge in [0.05, 0.1) is 36.0 Å². The molecule has 6 heteroatoms. The van der Waals surface area contributed by atoms with Crippen LogP contribution in [-0.2, 0) is 0 Å². The minimum Gasteiger partial charge on any atom is -0.455 e. The van der Waals surface area contributed by atoms with Crippen molar-refractivity contribution >= 4 is 65.6 Å². The van der Waals surface area contributed by atoms with Crippen LogP contribution in [0.25, 0.3) is 122 Å². The van der Waals surface area contributed by atoms with Gasteiger partial charge >= 0.3 is 0 Å². The highest BCUT2D eigenvalue weighted by Gasteiger charge is 2.23. The van der Waals surface area contributed by atoms with Gasteiger partial charge in [0.2, 0.25) is 0 Å². The third-order valence-corrected chi connectivity index (χ3v) is 11.9. The fourth-order valence-electron chi connectivity index (χ4n) is 9.19. The summed E-state index contributed by atoms with van der Waals surface area (Å²) in [7, 11) is 0. The summed E-state index contributed by atoms with van der Waals surface area (Å²) in [5.74, 6) is 1.34. The molecule has 0 N–H and O–H groups in total. The highest BCUT2D eigenvalue weighted by molar-refractivity contribution is 6.14. The Kier molecular flexibility index (Phi) is 6.56. The number of benzene rings is 9. The molecule has 0 radical (unpaired) electrons. The first-order valence-electron chi connectivity index (χ1n) is 23.7. The second-order valence-corrected chi connectivity index (χ2v) is 15.5. The lowest BCUT2D eigenvalue weighted by atomic mass is 9.97. The Morgan fingerprint density at radius 2 is 1.02 bits per heavy atom. The minimum atomic E-state index is -0.187. The molecule has 6 nitrogen and oxygen atoms in total. The number of aromatic nitrogens is 5. The van der Waals surface area contributed by atoms with Crippen LogP contribution in [0.2, 0.25) is 0 Å². The van der Waals surface area contributed by atoms with Gasteiger partial charge in [0.1, 0.15) is 11.2 Å². The van der Waals surface area contributed by atoms with Gasteiger partial charge in [0.15, 0.2) is 17.5 Å². The second kappa shape index (κ2) is 14.0. The van der Waals surface area contributed by atoms with Gasteiger partial charge in [0.25, 0.3) is 0 Å². The summed E-state index contributed by atoms with van der Waals surface area (Å²) in [5, 5.41) is 4.31. The first kappa shape index (κ1) is 29.6. The lowest BCUT2D eigenvalue weighted by molar-refractivity contribution is 0.670. The zero-order valence-electron chi connectivity index (χ0n) is 39.4. The van der Waals surface area contributed by atoms with Crippen molar-refractivity contribution < 1.29 is 12.6 Å². The fraction of sp³-hybridized carbons (Fsp3) is 0. The maximum absolute atomic E-state index is 9.31. The van der Waals surface area contributed by atoms with Gasteiger partial charge in [-0.05, 0) is 60.6 Å². The maximum Gasteiger partial charge on any atom is 0.166 e. The van der Waals surface area contributed by atoms with Crippen LogP contribution in [0.4, 0.5) is 0 Å². The van der Waals surface area contributed by atoms with Gasteiger partial charge in [-0.1, -0.05) is 152 Å². The third kappa shape index (κ3) is 5.48. The zero-order valence-corrected chi connectivity index (χ0v) is 33.4. The molecular weight excluding hydrogens is 771 g/mol. The molecule has 4 aromatic heterocycles. The molecule has 0 fully saturated rings. The fourth-order valence-corrected chi connectivity index (χ4v) is 9.19. The molecule has 294 valence electrons. The topological polar surface area (TPSA) is 61.7 Å². The van der Waals surface area contributed by atoms with Crippen molar-refractivity contribution in [2.75, 3.05) is 0 Å². The van der Waals surface area contributed by atoms with Crippen LogP contribution >= 0.6 is 0 Å². The van der Waals surface area contributed by atoms with E-state index in [2.05, 4.69) is 47.0 Å². The Bertz CT molecular complexity index is 4210. The molecule has 63 heavy (non-hydrogen) atoms. The number of hydrogen-bond donors (Lipinski definition) is 0. The molecule has 0 saturated heterocycles. The molecule has 4 heterocycles. The van der Waals surface area contributed by atoms with Crippen molar-refractivity contribution in [3.05, 3.63) is 212 Å². The van der Waals surface area contributed by atoms with E-state index < -0.39 is 0 Å². The zero-order chi connectivity index (χ0) is 46.7. The number of hydrogen-bond acceptors (Lipinski definition) is 4. The maximum atomic E-state index is 9.31. The van der Waals surface area contributed by atoms with Crippen molar-refractivity contribution in [2.45, 2.75) is 0 Å². The quantitative estimate of drug-likeness (QED) is 0.168. The molecule has 0 saturated carbocycles. The summed E-state index contributed by atoms with van der Waals surface area (Å²) in [6.45, 7) is 0. The van der Waals surface area contributed by atoms with Crippen LogP contribution in [0, 0.1) is 0 Å². The van der Waals surface area contributed by atoms with Crippen molar-refractivity contribution in [2.24, 2.45) is 0 Å². The predicted octanol–water partition coefficient (Wildman–Crippen LogP) is 14.6. The minimum absolute atomic E-state index is 0.0544. The smallest absolute Gasteiger partial charge is 0.166 e. The van der Waals surface area contributed by atoms with Gasteiger partial charge in [-0.15, -0.1) is 0 Å². The van der Waals surface area contributed by atoms with E-state index in [4.69, 9.17) is 24.9 Å². The molecule has 0 unspecified atom stereocenters. The van der Waals surface area contributed by atoms with Crippen LogP contribution in [0.3, 0.4) is 0 Å². The van der Waals surface area contributed by atoms with E-state index >= 15 is 0 Å². The van der Waals surface area contributed by atoms with E-state index in [0.717, 1.165) is 49.4 Å². The summed E-state index contributed by atoms with van der Waals surface area (Å²) in [5.41, 5.74) is 8.93. The summed E-state index contributed by atoms with van der Waals surface area (Å²) in [6.07, 6.45) is 0. The van der Waals surface area contributed by atoms with Crippen molar-refractivity contribution in [1.29, 1.82) is 0 Å². The number of furan rings is 1. The monoisotopic (exact) mass is 811 g/mol. The first-order chi connectivity index (χ1) is 33.7. The molecule has 0 amide bonds. The Morgan fingerprint density at radius 3 is 1.79 bits per heavy atom. The average molecular weight is 812 g/mol. The summed E-state index contributed by atoms with van der Waals surface area (Å²) < 4.78 is 64.8. The Labute approximate surface area is 370 Å². The average Bonchev–Trinajstić information content (AvgIpc) is 4.07. The largest absolute Gasteiger partial charge is 0.455 e. The van der Waals surface area contributed by atoms with E-state index in [9.17, 15) is 2.74 Å². The van der Waals surface area contributed by atoms with Gasteiger partial charge in [-0.2, -0.15) is 0 Å². The van der Waals surface area contributed by atoms with Gasteiger partial charge in [-0.3, -0.25) is 0 Å². The van der Waals surface area contributed by atoms with Crippen molar-refractivity contribution in [1.82, 2.24) is 24.1 Å². The van der Waals surface area contributed by atoms with Crippen LogP contribution in [-0.4, -0.2) is 24.1 Å². The Hall–Kier alpha value is -8.61. The predicted molar refractivity (Wildman–Crippen MR) is 258 cm³/mol. The molecule has 13 rings (SSSR count). The standard InChI is InChI=1S/C57H35N5O/c1-3-17-36(18-4-1)55-58-56(60-57(59-55)46-28-15-25-43-41-23-9-11-29-48(41)61(53(43)46)38-19-5-2-6-20-38)37-33-34-51(62-49-30-12-7-21-39(49)40-22-8-13-31-50(40)62)47(35-37)45-27-16-26-44-42-24-10-14-32-52(42)63-54(44)45/h1-35H/i7D,8D,21D,22D,30D,31D. The highest BCUT2D eigenvalue weighted by atomic mass is 16.3. The summed E-state index contributed by atoms with van der Waals surface area (Å²) in [4.78, 5) is 15.7. The molecule has 0 bridgehead atoms. The number of rotatable bonds is 6. The van der Waals surface area contributed by atoms with Gasteiger partial charge in [-0.25, -0.2) is 15.0 Å². The van der Waals surface area contributed by atoms with E-state index in [1.165, 1.54) is 12.1 Å². The summed E-state index contributed by atoms with van der Waals surface area (Å²) in [6, 6.07) is 56.1. The van der Waals surface area contributed by atoms with E-state index in [1.54, 1.807) is 4.57 Å². The molecule has 9 aromatic carbocycles. The molecule has 0 spiro atoms. The SMILES string of the molecule is [2H]c1cc([2H])c2c(c1[2H])c1c([2H])c([2H])cc([2H])c1n2-c1ccc(-c2nc(-c3ccccc3)nc(-c3cccc4c5ccccc5n(-c5ccccc5)c34)n2)cc1-c1cccc2c1oc1ccccc12. The van der Waals surface area contributed by atoms with Crippen molar-refractivity contribution in [3.63, 3.8) is 0 Å². The lowest BCUT2D eigenvalue weighted by Gasteiger charge is -2.17. The van der Waals surface area contributed by atoms with E-state index in [0.29, 0.717) is 51.0 Å².